The summed E-state index contributed by atoms with van der Waals surface area (Å²) in [6.45, 7) is 5.80. The Labute approximate surface area is 177 Å². The largest absolute Gasteiger partial charge is 0.391 e. The van der Waals surface area contributed by atoms with E-state index in [1.165, 1.54) is 0 Å². The summed E-state index contributed by atoms with van der Waals surface area (Å²) >= 11 is 0. The molecule has 0 amide bonds. The fourth-order valence-electron chi connectivity index (χ4n) is 5.17. The van der Waals surface area contributed by atoms with Crippen LogP contribution in [0.3, 0.4) is 0 Å². The van der Waals surface area contributed by atoms with Crippen LogP contribution in [0.25, 0.3) is 0 Å². The van der Waals surface area contributed by atoms with Crippen LogP contribution < -0.4 is 10.6 Å². The van der Waals surface area contributed by atoms with Gasteiger partial charge in [-0.1, -0.05) is 20.3 Å². The molecule has 0 aromatic carbocycles. The minimum absolute atomic E-state index is 0. The highest BCUT2D eigenvalue weighted by atomic mass is 127. The quantitative estimate of drug-likeness (QED) is 0.342. The Balaban J connectivity index is 0.00000261. The Kier molecular flexibility index (Phi) is 7.72. The summed E-state index contributed by atoms with van der Waals surface area (Å²) in [7, 11) is 1.72. The van der Waals surface area contributed by atoms with Gasteiger partial charge in [0, 0.05) is 37.6 Å². The van der Waals surface area contributed by atoms with Crippen LogP contribution in [0, 0.1) is 23.2 Å². The lowest BCUT2D eigenvalue weighted by atomic mass is 9.55. The van der Waals surface area contributed by atoms with Crippen LogP contribution in [0.5, 0.6) is 0 Å². The topological polar surface area (TPSA) is 45.7 Å². The van der Waals surface area contributed by atoms with Gasteiger partial charge >= 0.3 is 6.18 Å². The van der Waals surface area contributed by atoms with Crippen LogP contribution in [-0.2, 0) is 4.74 Å². The Morgan fingerprint density at radius 1 is 1.19 bits per heavy atom. The highest BCUT2D eigenvalue weighted by Gasteiger charge is 2.58. The number of hydrogen-bond acceptors (Lipinski definition) is 2. The van der Waals surface area contributed by atoms with Gasteiger partial charge in [-0.2, -0.15) is 13.2 Å². The monoisotopic (exact) mass is 503 g/mol. The molecular weight excluding hydrogens is 470 g/mol. The number of ether oxygens (including phenoxy) is 1. The maximum absolute atomic E-state index is 13.0. The van der Waals surface area contributed by atoms with Crippen molar-refractivity contribution in [3.8, 4) is 0 Å². The van der Waals surface area contributed by atoms with Crippen molar-refractivity contribution in [2.75, 3.05) is 20.2 Å². The van der Waals surface area contributed by atoms with Gasteiger partial charge < -0.3 is 15.4 Å². The maximum atomic E-state index is 13.0. The summed E-state index contributed by atoms with van der Waals surface area (Å²) < 4.78 is 44.9. The number of aliphatic imine (C=N–C) groups is 1. The number of guanidine groups is 1. The van der Waals surface area contributed by atoms with E-state index in [4.69, 9.17) is 4.74 Å². The third-order valence-electron chi connectivity index (χ3n) is 6.65. The van der Waals surface area contributed by atoms with Gasteiger partial charge in [0.2, 0.25) is 0 Å². The molecule has 3 rings (SSSR count). The molecule has 1 aliphatic heterocycles. The number of hydrogen-bond donors (Lipinski definition) is 2. The first-order chi connectivity index (χ1) is 12.2. The van der Waals surface area contributed by atoms with Gasteiger partial charge in [-0.15, -0.1) is 24.0 Å². The summed E-state index contributed by atoms with van der Waals surface area (Å²) in [5.41, 5.74) is 0.0366. The molecule has 3 aliphatic rings. The summed E-state index contributed by atoms with van der Waals surface area (Å²) in [4.78, 5) is 4.30. The maximum Gasteiger partial charge on any atom is 0.391 e. The van der Waals surface area contributed by atoms with Crippen molar-refractivity contribution in [2.45, 2.75) is 70.7 Å². The second kappa shape index (κ2) is 9.05. The number of fused-ring (bicyclic) bond motifs is 1. The van der Waals surface area contributed by atoms with Crippen LogP contribution in [0.15, 0.2) is 4.99 Å². The zero-order valence-corrected chi connectivity index (χ0v) is 18.8. The molecule has 5 unspecified atom stereocenters. The molecule has 2 aliphatic carbocycles. The number of nitrogens with zero attached hydrogens (tertiary/aromatic N) is 1. The smallest absolute Gasteiger partial charge is 0.377 e. The summed E-state index contributed by atoms with van der Waals surface area (Å²) in [6.07, 6.45) is 0.458. The fraction of sp³-hybridized carbons (Fsp3) is 0.947. The van der Waals surface area contributed by atoms with Gasteiger partial charge in [0.05, 0.1) is 12.0 Å². The minimum atomic E-state index is -4.06. The molecular formula is C19H33F3IN3O. The third-order valence-corrected chi connectivity index (χ3v) is 6.65. The van der Waals surface area contributed by atoms with Gasteiger partial charge in [-0.05, 0) is 38.0 Å². The Hall–Kier alpha value is -0.250. The van der Waals surface area contributed by atoms with Gasteiger partial charge in [0.25, 0.3) is 0 Å². The van der Waals surface area contributed by atoms with Crippen molar-refractivity contribution < 1.29 is 17.9 Å². The predicted octanol–water partition coefficient (Wildman–Crippen LogP) is 4.34. The SMILES string of the molecule is CN=C(NCC1CCCC(C(F)(F)F)C1)NC1C2CCCOC2C1(C)C.I. The molecule has 1 heterocycles. The van der Waals surface area contributed by atoms with E-state index in [9.17, 15) is 13.2 Å². The Morgan fingerprint density at radius 2 is 1.93 bits per heavy atom. The zero-order valence-electron chi connectivity index (χ0n) is 16.4. The van der Waals surface area contributed by atoms with E-state index >= 15 is 0 Å². The zero-order chi connectivity index (χ0) is 18.9. The van der Waals surface area contributed by atoms with E-state index in [0.29, 0.717) is 24.8 Å². The first-order valence-corrected chi connectivity index (χ1v) is 9.89. The van der Waals surface area contributed by atoms with Crippen molar-refractivity contribution >= 4 is 29.9 Å². The summed E-state index contributed by atoms with van der Waals surface area (Å²) in [6, 6.07) is 0.285. The van der Waals surface area contributed by atoms with E-state index in [-0.39, 0.29) is 60.3 Å². The highest BCUT2D eigenvalue weighted by Crippen LogP contribution is 2.51. The molecule has 27 heavy (non-hydrogen) atoms. The average Bonchev–Trinajstić information content (AvgIpc) is 2.61. The van der Waals surface area contributed by atoms with Crippen molar-refractivity contribution in [3.63, 3.8) is 0 Å². The summed E-state index contributed by atoms with van der Waals surface area (Å²) in [5, 5.41) is 6.78. The second-order valence-corrected chi connectivity index (χ2v) is 8.77. The van der Waals surface area contributed by atoms with Crippen LogP contribution in [0.2, 0.25) is 0 Å². The van der Waals surface area contributed by atoms with Crippen LogP contribution in [-0.4, -0.2) is 44.5 Å². The van der Waals surface area contributed by atoms with Gasteiger partial charge in [-0.25, -0.2) is 0 Å². The first-order valence-electron chi connectivity index (χ1n) is 9.89. The lowest BCUT2D eigenvalue weighted by Gasteiger charge is -2.60. The molecule has 0 bridgehead atoms. The molecule has 3 fully saturated rings. The van der Waals surface area contributed by atoms with Crippen molar-refractivity contribution in [1.82, 2.24) is 10.6 Å². The second-order valence-electron chi connectivity index (χ2n) is 8.77. The third kappa shape index (κ3) is 5.03. The fourth-order valence-corrected chi connectivity index (χ4v) is 5.17. The Bertz CT molecular complexity index is 527. The van der Waals surface area contributed by atoms with Gasteiger partial charge in [-0.3, -0.25) is 4.99 Å². The standard InChI is InChI=1S/C19H32F3N3O.HI/c1-18(2)15(14-8-5-9-26-16(14)18)25-17(23-3)24-11-12-6-4-7-13(10-12)19(20,21)22;/h12-16H,4-11H2,1-3H3,(H2,23,24,25);1H. The van der Waals surface area contributed by atoms with E-state index < -0.39 is 12.1 Å². The molecule has 0 radical (unpaired) electrons. The van der Waals surface area contributed by atoms with Crippen LogP contribution >= 0.6 is 24.0 Å². The number of rotatable bonds is 3. The minimum Gasteiger partial charge on any atom is -0.377 e. The molecule has 0 aromatic rings. The van der Waals surface area contributed by atoms with E-state index in [0.717, 1.165) is 25.9 Å². The lowest BCUT2D eigenvalue weighted by Crippen LogP contribution is -2.71. The number of halogens is 4. The highest BCUT2D eigenvalue weighted by molar-refractivity contribution is 14.0. The van der Waals surface area contributed by atoms with Gasteiger partial charge in [0.15, 0.2) is 5.96 Å². The van der Waals surface area contributed by atoms with Crippen LogP contribution in [0.1, 0.15) is 52.4 Å². The molecule has 2 N–H and O–H groups in total. The normalized spacial score (nSPS) is 36.1. The first kappa shape index (κ1) is 23.0. The molecule has 8 heteroatoms. The van der Waals surface area contributed by atoms with E-state index in [2.05, 4.69) is 29.5 Å². The molecule has 0 aromatic heterocycles. The van der Waals surface area contributed by atoms with Crippen molar-refractivity contribution in [3.05, 3.63) is 0 Å². The molecule has 0 spiro atoms. The van der Waals surface area contributed by atoms with E-state index in [1.807, 2.05) is 0 Å². The molecule has 5 atom stereocenters. The predicted molar refractivity (Wildman–Crippen MR) is 111 cm³/mol. The molecule has 158 valence electrons. The molecule has 2 saturated carbocycles. The van der Waals surface area contributed by atoms with Crippen LogP contribution in [0.4, 0.5) is 13.2 Å². The number of alkyl halides is 3. The molecule has 4 nitrogen and oxygen atoms in total. The van der Waals surface area contributed by atoms with Gasteiger partial charge in [0.1, 0.15) is 0 Å². The Morgan fingerprint density at radius 3 is 2.59 bits per heavy atom. The lowest BCUT2D eigenvalue weighted by molar-refractivity contribution is -0.188. The van der Waals surface area contributed by atoms with Crippen molar-refractivity contribution in [2.24, 2.45) is 28.2 Å². The number of nitrogens with one attached hydrogen (secondary N) is 2. The summed E-state index contributed by atoms with van der Waals surface area (Å²) in [5.74, 6) is 0.0839. The van der Waals surface area contributed by atoms with E-state index in [1.54, 1.807) is 7.05 Å². The average molecular weight is 503 g/mol. The van der Waals surface area contributed by atoms with Crippen molar-refractivity contribution in [1.29, 1.82) is 0 Å². The molecule has 1 saturated heterocycles.